The summed E-state index contributed by atoms with van der Waals surface area (Å²) in [7, 11) is 1.96. The molecule has 0 amide bonds. The highest BCUT2D eigenvalue weighted by atomic mass is 15.3. The molecule has 0 radical (unpaired) electrons. The maximum absolute atomic E-state index is 5.54. The summed E-state index contributed by atoms with van der Waals surface area (Å²) < 4.78 is 1.90. The Morgan fingerprint density at radius 3 is 2.67 bits per heavy atom. The van der Waals surface area contributed by atoms with Gasteiger partial charge in [-0.05, 0) is 12.6 Å². The number of hydrogen-bond acceptors (Lipinski definition) is 2. The molecular formula is C12H15N3. The van der Waals surface area contributed by atoms with Crippen LogP contribution in [0.5, 0.6) is 0 Å². The maximum Gasteiger partial charge on any atom is 0.0925 e. The number of benzene rings is 1. The minimum Gasteiger partial charge on any atom is -0.330 e. The second kappa shape index (κ2) is 4.28. The van der Waals surface area contributed by atoms with Crippen LogP contribution in [-0.2, 0) is 13.5 Å². The van der Waals surface area contributed by atoms with Crippen molar-refractivity contribution >= 4 is 0 Å². The van der Waals surface area contributed by atoms with Crippen LogP contribution in [0.2, 0.25) is 0 Å². The van der Waals surface area contributed by atoms with E-state index in [1.165, 1.54) is 5.69 Å². The van der Waals surface area contributed by atoms with Gasteiger partial charge in [0.05, 0.1) is 5.69 Å². The predicted molar refractivity (Wildman–Crippen MR) is 61.4 cm³/mol. The first-order chi connectivity index (χ1) is 7.31. The molecular weight excluding hydrogens is 186 g/mol. The molecule has 0 bridgehead atoms. The van der Waals surface area contributed by atoms with Crippen molar-refractivity contribution in [2.75, 3.05) is 6.54 Å². The van der Waals surface area contributed by atoms with E-state index < -0.39 is 0 Å². The third kappa shape index (κ3) is 2.07. The van der Waals surface area contributed by atoms with E-state index in [2.05, 4.69) is 23.3 Å². The Morgan fingerprint density at radius 2 is 2.00 bits per heavy atom. The molecule has 2 rings (SSSR count). The summed E-state index contributed by atoms with van der Waals surface area (Å²) in [6.07, 6.45) is 0.871. The first-order valence-corrected chi connectivity index (χ1v) is 5.09. The summed E-state index contributed by atoms with van der Waals surface area (Å²) >= 11 is 0. The third-order valence-electron chi connectivity index (χ3n) is 2.45. The second-order valence-electron chi connectivity index (χ2n) is 3.55. The lowest BCUT2D eigenvalue weighted by Gasteiger charge is -1.96. The molecule has 3 nitrogen and oxygen atoms in total. The van der Waals surface area contributed by atoms with Crippen molar-refractivity contribution < 1.29 is 0 Å². The molecule has 0 fully saturated rings. The molecule has 2 N–H and O–H groups in total. The molecule has 0 unspecified atom stereocenters. The van der Waals surface area contributed by atoms with Crippen molar-refractivity contribution in [1.82, 2.24) is 9.78 Å². The number of aryl methyl sites for hydroxylation is 1. The van der Waals surface area contributed by atoms with Gasteiger partial charge in [0.25, 0.3) is 0 Å². The summed E-state index contributed by atoms with van der Waals surface area (Å²) in [6.45, 7) is 0.660. The van der Waals surface area contributed by atoms with E-state index in [0.717, 1.165) is 17.7 Å². The minimum atomic E-state index is 0.660. The highest BCUT2D eigenvalue weighted by molar-refractivity contribution is 5.59. The van der Waals surface area contributed by atoms with Gasteiger partial charge in [0.15, 0.2) is 0 Å². The second-order valence-corrected chi connectivity index (χ2v) is 3.55. The molecule has 0 aliphatic rings. The van der Waals surface area contributed by atoms with Crippen molar-refractivity contribution in [2.45, 2.75) is 6.42 Å². The number of nitrogens with two attached hydrogens (primary N) is 1. The van der Waals surface area contributed by atoms with E-state index in [1.807, 2.05) is 29.9 Å². The van der Waals surface area contributed by atoms with E-state index in [4.69, 9.17) is 5.73 Å². The monoisotopic (exact) mass is 201 g/mol. The molecule has 0 saturated heterocycles. The number of rotatable bonds is 3. The van der Waals surface area contributed by atoms with Crippen LogP contribution < -0.4 is 5.73 Å². The van der Waals surface area contributed by atoms with Crippen LogP contribution in [0.4, 0.5) is 0 Å². The van der Waals surface area contributed by atoms with Crippen molar-refractivity contribution in [1.29, 1.82) is 0 Å². The first-order valence-electron chi connectivity index (χ1n) is 5.09. The smallest absolute Gasteiger partial charge is 0.0925 e. The quantitative estimate of drug-likeness (QED) is 0.819. The number of aromatic nitrogens is 2. The normalized spacial score (nSPS) is 10.5. The Hall–Kier alpha value is -1.61. The Bertz CT molecular complexity index is 431. The molecule has 0 spiro atoms. The lowest BCUT2D eigenvalue weighted by atomic mass is 10.1. The highest BCUT2D eigenvalue weighted by Crippen LogP contribution is 2.18. The Labute approximate surface area is 89.5 Å². The zero-order valence-electron chi connectivity index (χ0n) is 8.85. The number of hydrogen-bond donors (Lipinski definition) is 1. The molecule has 1 aromatic heterocycles. The topological polar surface area (TPSA) is 43.8 Å². The van der Waals surface area contributed by atoms with Gasteiger partial charge in [-0.25, -0.2) is 0 Å². The van der Waals surface area contributed by atoms with Gasteiger partial charge < -0.3 is 5.73 Å². The molecule has 78 valence electrons. The molecule has 15 heavy (non-hydrogen) atoms. The van der Waals surface area contributed by atoms with Gasteiger partial charge in [-0.3, -0.25) is 4.68 Å². The Morgan fingerprint density at radius 1 is 1.27 bits per heavy atom. The van der Waals surface area contributed by atoms with Crippen molar-refractivity contribution in [3.8, 4) is 11.3 Å². The van der Waals surface area contributed by atoms with Crippen LogP contribution in [-0.4, -0.2) is 16.3 Å². The highest BCUT2D eigenvalue weighted by Gasteiger charge is 2.05. The fourth-order valence-corrected chi connectivity index (χ4v) is 1.64. The molecule has 0 aliphatic heterocycles. The van der Waals surface area contributed by atoms with Gasteiger partial charge in [-0.2, -0.15) is 5.10 Å². The SMILES string of the molecule is Cn1nc(-c2ccccc2)cc1CCN. The summed E-state index contributed by atoms with van der Waals surface area (Å²) in [4.78, 5) is 0. The average molecular weight is 201 g/mol. The van der Waals surface area contributed by atoms with Crippen LogP contribution in [0.15, 0.2) is 36.4 Å². The van der Waals surface area contributed by atoms with Crippen molar-refractivity contribution in [3.05, 3.63) is 42.1 Å². The summed E-state index contributed by atoms with van der Waals surface area (Å²) in [5.41, 5.74) is 8.88. The zero-order valence-corrected chi connectivity index (χ0v) is 8.85. The van der Waals surface area contributed by atoms with Crippen molar-refractivity contribution in [3.63, 3.8) is 0 Å². The summed E-state index contributed by atoms with van der Waals surface area (Å²) in [6, 6.07) is 12.3. The molecule has 0 aliphatic carbocycles. The maximum atomic E-state index is 5.54. The molecule has 2 aromatic rings. The fraction of sp³-hybridized carbons (Fsp3) is 0.250. The largest absolute Gasteiger partial charge is 0.330 e. The molecule has 0 atom stereocenters. The van der Waals surface area contributed by atoms with Gasteiger partial charge in [0, 0.05) is 24.7 Å². The van der Waals surface area contributed by atoms with E-state index >= 15 is 0 Å². The third-order valence-corrected chi connectivity index (χ3v) is 2.45. The van der Waals surface area contributed by atoms with Crippen LogP contribution in [0.3, 0.4) is 0 Å². The van der Waals surface area contributed by atoms with Gasteiger partial charge >= 0.3 is 0 Å². The van der Waals surface area contributed by atoms with E-state index in [0.29, 0.717) is 6.54 Å². The van der Waals surface area contributed by atoms with E-state index in [-0.39, 0.29) is 0 Å². The minimum absolute atomic E-state index is 0.660. The molecule has 0 saturated carbocycles. The van der Waals surface area contributed by atoms with E-state index in [1.54, 1.807) is 0 Å². The predicted octanol–water partition coefficient (Wildman–Crippen LogP) is 1.59. The first kappa shape index (κ1) is 9.93. The Kier molecular flexibility index (Phi) is 2.83. The van der Waals surface area contributed by atoms with Crippen molar-refractivity contribution in [2.24, 2.45) is 12.8 Å². The summed E-state index contributed by atoms with van der Waals surface area (Å²) in [5.74, 6) is 0. The molecule has 1 aromatic carbocycles. The molecule has 3 heteroatoms. The van der Waals surface area contributed by atoms with Crippen LogP contribution >= 0.6 is 0 Å². The lowest BCUT2D eigenvalue weighted by Crippen LogP contribution is -2.06. The standard InChI is InChI=1S/C12H15N3/c1-15-11(7-8-13)9-12(14-15)10-5-3-2-4-6-10/h2-6,9H,7-8,13H2,1H3. The van der Waals surface area contributed by atoms with Gasteiger partial charge in [-0.15, -0.1) is 0 Å². The van der Waals surface area contributed by atoms with Gasteiger partial charge in [0.1, 0.15) is 0 Å². The number of nitrogens with zero attached hydrogens (tertiary/aromatic N) is 2. The molecule has 1 heterocycles. The van der Waals surface area contributed by atoms with Crippen LogP contribution in [0.1, 0.15) is 5.69 Å². The lowest BCUT2D eigenvalue weighted by molar-refractivity contribution is 0.708. The zero-order chi connectivity index (χ0) is 10.7. The van der Waals surface area contributed by atoms with Gasteiger partial charge in [-0.1, -0.05) is 30.3 Å². The van der Waals surface area contributed by atoms with E-state index in [9.17, 15) is 0 Å². The van der Waals surface area contributed by atoms with Gasteiger partial charge in [0.2, 0.25) is 0 Å². The van der Waals surface area contributed by atoms with Crippen LogP contribution in [0.25, 0.3) is 11.3 Å². The average Bonchev–Trinajstić information content (AvgIpc) is 2.63. The fourth-order valence-electron chi connectivity index (χ4n) is 1.64. The summed E-state index contributed by atoms with van der Waals surface area (Å²) in [5, 5.41) is 4.46. The van der Waals surface area contributed by atoms with Crippen LogP contribution in [0, 0.1) is 0 Å². The Balaban J connectivity index is 2.34.